The Kier molecular flexibility index (Phi) is 27.6. The van der Waals surface area contributed by atoms with E-state index in [0.29, 0.717) is 119 Å². The van der Waals surface area contributed by atoms with Gasteiger partial charge < -0.3 is 47.9 Å². The maximum atomic E-state index is 10.7. The quantitative estimate of drug-likeness (QED) is 0.155. The van der Waals surface area contributed by atoms with E-state index in [1.165, 1.54) is 6.92 Å². The molecule has 0 aromatic carbocycles. The summed E-state index contributed by atoms with van der Waals surface area (Å²) < 4.78 is 48.6. The number of carbonyl (C=O) groups is 1. The number of amides is 1. The summed E-state index contributed by atoms with van der Waals surface area (Å²) in [5.74, 6) is -0.0575. The van der Waals surface area contributed by atoms with Crippen molar-refractivity contribution in [2.75, 3.05) is 119 Å². The first kappa shape index (κ1) is 33.1. The van der Waals surface area contributed by atoms with Gasteiger partial charge in [-0.25, -0.2) is 0 Å². The Labute approximate surface area is 205 Å². The Bertz CT molecular complexity index is 415. The summed E-state index contributed by atoms with van der Waals surface area (Å²) in [6.07, 6.45) is 0.233. The fraction of sp³-hybridized carbons (Fsp3) is 0.957. The van der Waals surface area contributed by atoms with Gasteiger partial charge in [0, 0.05) is 13.5 Å². The molecule has 0 bridgehead atoms. The van der Waals surface area contributed by atoms with Crippen LogP contribution in [0.15, 0.2) is 0 Å². The van der Waals surface area contributed by atoms with Crippen molar-refractivity contribution >= 4 is 5.91 Å². The predicted molar refractivity (Wildman–Crippen MR) is 126 cm³/mol. The molecule has 0 fully saturated rings. The van der Waals surface area contributed by atoms with Crippen LogP contribution < -0.4 is 5.32 Å². The molecule has 0 saturated heterocycles. The van der Waals surface area contributed by atoms with Gasteiger partial charge in [0.2, 0.25) is 5.91 Å². The lowest BCUT2D eigenvalue weighted by atomic mass is 10.5. The van der Waals surface area contributed by atoms with Crippen LogP contribution in [-0.4, -0.2) is 131 Å². The molecule has 0 rings (SSSR count). The Morgan fingerprint density at radius 2 is 0.765 bits per heavy atom. The molecule has 0 unspecified atom stereocenters. The first-order valence-electron chi connectivity index (χ1n) is 12.1. The first-order valence-corrected chi connectivity index (χ1v) is 12.1. The number of carbonyl (C=O) groups excluding carboxylic acids is 1. The van der Waals surface area contributed by atoms with Gasteiger partial charge in [-0.1, -0.05) is 0 Å². The maximum Gasteiger partial charge on any atom is 0.216 e. The maximum absolute atomic E-state index is 10.7. The molecule has 0 aliphatic rings. The zero-order chi connectivity index (χ0) is 25.0. The second-order valence-electron chi connectivity index (χ2n) is 7.30. The molecule has 11 nitrogen and oxygen atoms in total. The summed E-state index contributed by atoms with van der Waals surface area (Å²) in [6.45, 7) is 14.9. The Morgan fingerprint density at radius 1 is 0.500 bits per heavy atom. The molecule has 11 heteroatoms. The SMILES string of the molecule is CC(=O)NCCOCCOCCOCCOCCOCCOCCOCCOCCOC(C)C. The molecule has 204 valence electrons. The predicted octanol–water partition coefficient (Wildman–Crippen LogP) is 0.680. The van der Waals surface area contributed by atoms with Crippen molar-refractivity contribution in [3.8, 4) is 0 Å². The highest BCUT2D eigenvalue weighted by Crippen LogP contribution is 1.88. The molecule has 0 aromatic rings. The number of nitrogens with one attached hydrogen (secondary N) is 1. The van der Waals surface area contributed by atoms with Crippen molar-refractivity contribution in [1.82, 2.24) is 5.32 Å². The Hall–Kier alpha value is -0.890. The van der Waals surface area contributed by atoms with Crippen LogP contribution >= 0.6 is 0 Å². The smallest absolute Gasteiger partial charge is 0.216 e. The minimum Gasteiger partial charge on any atom is -0.377 e. The molecule has 0 aliphatic heterocycles. The van der Waals surface area contributed by atoms with E-state index in [0.717, 1.165) is 0 Å². The van der Waals surface area contributed by atoms with Crippen LogP contribution in [0.3, 0.4) is 0 Å². The number of hydrogen-bond donors (Lipinski definition) is 1. The summed E-state index contributed by atoms with van der Waals surface area (Å²) in [5, 5.41) is 2.66. The average molecular weight is 498 g/mol. The van der Waals surface area contributed by atoms with Gasteiger partial charge in [-0.2, -0.15) is 0 Å². The molecule has 0 aliphatic carbocycles. The largest absolute Gasteiger partial charge is 0.377 e. The number of ether oxygens (including phenoxy) is 9. The fourth-order valence-electron chi connectivity index (χ4n) is 2.28. The van der Waals surface area contributed by atoms with Crippen molar-refractivity contribution in [1.29, 1.82) is 0 Å². The summed E-state index contributed by atoms with van der Waals surface area (Å²) in [4.78, 5) is 10.7. The van der Waals surface area contributed by atoms with E-state index in [2.05, 4.69) is 5.32 Å². The van der Waals surface area contributed by atoms with E-state index in [4.69, 9.17) is 42.6 Å². The van der Waals surface area contributed by atoms with Gasteiger partial charge in [-0.15, -0.1) is 0 Å². The minimum absolute atomic E-state index is 0.0575. The van der Waals surface area contributed by atoms with Gasteiger partial charge in [0.05, 0.1) is 118 Å². The molecule has 0 saturated carbocycles. The summed E-state index contributed by atoms with van der Waals surface area (Å²) >= 11 is 0. The molecule has 0 aromatic heterocycles. The molecule has 1 N–H and O–H groups in total. The van der Waals surface area contributed by atoms with E-state index in [1.807, 2.05) is 13.8 Å². The van der Waals surface area contributed by atoms with Crippen LogP contribution in [0, 0.1) is 0 Å². The van der Waals surface area contributed by atoms with Crippen LogP contribution in [0.25, 0.3) is 0 Å². The van der Waals surface area contributed by atoms with Crippen LogP contribution in [0.5, 0.6) is 0 Å². The highest BCUT2D eigenvalue weighted by molar-refractivity contribution is 5.72. The van der Waals surface area contributed by atoms with Crippen molar-refractivity contribution in [3.05, 3.63) is 0 Å². The highest BCUT2D eigenvalue weighted by atomic mass is 16.6. The normalized spacial score (nSPS) is 11.4. The molecule has 1 amide bonds. The molecule has 0 radical (unpaired) electrons. The van der Waals surface area contributed by atoms with E-state index < -0.39 is 0 Å². The van der Waals surface area contributed by atoms with Crippen molar-refractivity contribution < 1.29 is 47.4 Å². The van der Waals surface area contributed by atoms with Gasteiger partial charge in [-0.05, 0) is 13.8 Å². The van der Waals surface area contributed by atoms with Gasteiger partial charge in [-0.3, -0.25) is 4.79 Å². The lowest BCUT2D eigenvalue weighted by molar-refractivity contribution is -0.119. The van der Waals surface area contributed by atoms with E-state index in [9.17, 15) is 4.79 Å². The topological polar surface area (TPSA) is 112 Å². The van der Waals surface area contributed by atoms with Crippen LogP contribution in [0.1, 0.15) is 20.8 Å². The molecular formula is C23H47NO10. The second kappa shape index (κ2) is 28.3. The molecule has 0 spiro atoms. The Morgan fingerprint density at radius 3 is 1.03 bits per heavy atom. The van der Waals surface area contributed by atoms with Crippen molar-refractivity contribution in [2.24, 2.45) is 0 Å². The minimum atomic E-state index is -0.0575. The molecule has 34 heavy (non-hydrogen) atoms. The van der Waals surface area contributed by atoms with Crippen molar-refractivity contribution in [3.63, 3.8) is 0 Å². The summed E-state index contributed by atoms with van der Waals surface area (Å²) in [7, 11) is 0. The van der Waals surface area contributed by atoms with Gasteiger partial charge in [0.1, 0.15) is 0 Å². The highest BCUT2D eigenvalue weighted by Gasteiger charge is 1.96. The molecular weight excluding hydrogens is 450 g/mol. The fourth-order valence-corrected chi connectivity index (χ4v) is 2.28. The zero-order valence-electron chi connectivity index (χ0n) is 21.4. The van der Waals surface area contributed by atoms with Gasteiger partial charge in [0.15, 0.2) is 0 Å². The van der Waals surface area contributed by atoms with Crippen LogP contribution in [-0.2, 0) is 47.4 Å². The van der Waals surface area contributed by atoms with E-state index in [-0.39, 0.29) is 12.0 Å². The summed E-state index contributed by atoms with van der Waals surface area (Å²) in [6, 6.07) is 0. The zero-order valence-corrected chi connectivity index (χ0v) is 21.4. The monoisotopic (exact) mass is 497 g/mol. The lowest BCUT2D eigenvalue weighted by Crippen LogP contribution is -2.25. The third-order valence-electron chi connectivity index (χ3n) is 3.90. The van der Waals surface area contributed by atoms with E-state index >= 15 is 0 Å². The third-order valence-corrected chi connectivity index (χ3v) is 3.90. The molecule has 0 atom stereocenters. The van der Waals surface area contributed by atoms with Gasteiger partial charge >= 0.3 is 0 Å². The summed E-state index contributed by atoms with van der Waals surface area (Å²) in [5.41, 5.74) is 0. The van der Waals surface area contributed by atoms with Crippen LogP contribution in [0.4, 0.5) is 0 Å². The second-order valence-corrected chi connectivity index (χ2v) is 7.30. The number of rotatable bonds is 28. The first-order chi connectivity index (χ1) is 16.6. The standard InChI is InChI=1S/C23H47NO10/c1-22(2)34-21-20-33-19-18-32-17-16-31-15-14-30-13-12-29-11-10-28-9-8-27-7-6-26-5-4-24-23(3)25/h22H,4-21H2,1-3H3,(H,24,25). The number of hydrogen-bond acceptors (Lipinski definition) is 10. The van der Waals surface area contributed by atoms with Crippen LogP contribution in [0.2, 0.25) is 0 Å². The molecule has 0 heterocycles. The van der Waals surface area contributed by atoms with Crippen molar-refractivity contribution in [2.45, 2.75) is 26.9 Å². The van der Waals surface area contributed by atoms with E-state index in [1.54, 1.807) is 0 Å². The third kappa shape index (κ3) is 31.1. The Balaban J connectivity index is 3.02. The lowest BCUT2D eigenvalue weighted by Gasteiger charge is -2.09. The van der Waals surface area contributed by atoms with Gasteiger partial charge in [0.25, 0.3) is 0 Å². The average Bonchev–Trinajstić information content (AvgIpc) is 2.80.